The maximum absolute atomic E-state index is 13.3. The zero-order valence-corrected chi connectivity index (χ0v) is 12.8. The van der Waals surface area contributed by atoms with Crippen LogP contribution < -0.4 is 10.1 Å². The number of carbonyl (C=O) groups is 1. The monoisotopic (exact) mass is 310 g/mol. The Morgan fingerprint density at radius 2 is 2.32 bits per heavy atom. The maximum atomic E-state index is 13.3. The van der Waals surface area contributed by atoms with E-state index in [1.165, 1.54) is 25.3 Å². The number of methoxy groups -OCH3 is 1. The number of likely N-dealkylation sites (tertiary alicyclic amines) is 1. The van der Waals surface area contributed by atoms with E-state index < -0.39 is 5.82 Å². The summed E-state index contributed by atoms with van der Waals surface area (Å²) in [7, 11) is 1.45. The Kier molecular flexibility index (Phi) is 6.15. The molecule has 1 aliphatic heterocycles. The minimum absolute atomic E-state index is 0.145. The number of nitrogens with zero attached hydrogens (tertiary/aromatic N) is 1. The van der Waals surface area contributed by atoms with Crippen LogP contribution in [0.25, 0.3) is 0 Å². The van der Waals surface area contributed by atoms with Crippen molar-refractivity contribution in [3.8, 4) is 5.75 Å². The van der Waals surface area contributed by atoms with Gasteiger partial charge in [-0.25, -0.2) is 4.39 Å². The smallest absolute Gasteiger partial charge is 0.255 e. The highest BCUT2D eigenvalue weighted by atomic mass is 19.1. The first kappa shape index (κ1) is 16.7. The van der Waals surface area contributed by atoms with Crippen LogP contribution in [0.3, 0.4) is 0 Å². The van der Waals surface area contributed by atoms with Crippen LogP contribution in [0.4, 0.5) is 4.39 Å². The number of aliphatic hydroxyl groups is 1. The molecule has 1 aliphatic rings. The Balaban J connectivity index is 1.89. The van der Waals surface area contributed by atoms with E-state index in [2.05, 4.69) is 10.2 Å². The predicted molar refractivity (Wildman–Crippen MR) is 81.6 cm³/mol. The van der Waals surface area contributed by atoms with Gasteiger partial charge in [-0.3, -0.25) is 9.69 Å². The Bertz CT molecular complexity index is 510. The summed E-state index contributed by atoms with van der Waals surface area (Å²) >= 11 is 0. The maximum Gasteiger partial charge on any atom is 0.255 e. The summed E-state index contributed by atoms with van der Waals surface area (Å²) in [5, 5.41) is 12.1. The van der Waals surface area contributed by atoms with Gasteiger partial charge in [0.15, 0.2) is 0 Å². The topological polar surface area (TPSA) is 61.8 Å². The van der Waals surface area contributed by atoms with E-state index >= 15 is 0 Å². The molecular formula is C16H23FN2O3. The van der Waals surface area contributed by atoms with Crippen molar-refractivity contribution in [2.75, 3.05) is 33.4 Å². The molecule has 6 heteroatoms. The lowest BCUT2D eigenvalue weighted by Gasteiger charge is -2.34. The van der Waals surface area contributed by atoms with E-state index in [0.29, 0.717) is 18.8 Å². The van der Waals surface area contributed by atoms with Gasteiger partial charge in [0, 0.05) is 19.1 Å². The van der Waals surface area contributed by atoms with Gasteiger partial charge in [0.2, 0.25) is 0 Å². The SMILES string of the molecule is COc1ccc(F)cc1C(=O)NCCN1CCCC[C@@H]1CO. The predicted octanol–water partition coefficient (Wildman–Crippen LogP) is 1.41. The molecule has 1 fully saturated rings. The minimum atomic E-state index is -0.470. The molecule has 2 rings (SSSR count). The minimum Gasteiger partial charge on any atom is -0.496 e. The first-order valence-electron chi connectivity index (χ1n) is 7.62. The standard InChI is InChI=1S/C16H23FN2O3/c1-22-15-6-5-12(17)10-14(15)16(21)18-7-9-19-8-3-2-4-13(19)11-20/h5-6,10,13,20H,2-4,7-9,11H2,1H3,(H,18,21)/t13-/m1/s1. The Hall–Kier alpha value is -1.66. The van der Waals surface area contributed by atoms with Gasteiger partial charge in [-0.05, 0) is 37.6 Å². The van der Waals surface area contributed by atoms with E-state index in [0.717, 1.165) is 25.8 Å². The summed E-state index contributed by atoms with van der Waals surface area (Å²) in [6, 6.07) is 4.05. The van der Waals surface area contributed by atoms with E-state index in [-0.39, 0.29) is 24.1 Å². The fraction of sp³-hybridized carbons (Fsp3) is 0.562. The van der Waals surface area contributed by atoms with Gasteiger partial charge in [-0.15, -0.1) is 0 Å². The lowest BCUT2D eigenvalue weighted by Crippen LogP contribution is -2.45. The molecule has 5 nitrogen and oxygen atoms in total. The highest BCUT2D eigenvalue weighted by Crippen LogP contribution is 2.19. The number of carbonyl (C=O) groups excluding carboxylic acids is 1. The zero-order valence-electron chi connectivity index (χ0n) is 12.8. The van der Waals surface area contributed by atoms with Gasteiger partial charge in [0.1, 0.15) is 11.6 Å². The number of piperidine rings is 1. The molecule has 1 aromatic rings. The fourth-order valence-corrected chi connectivity index (χ4v) is 2.83. The van der Waals surface area contributed by atoms with E-state index in [4.69, 9.17) is 4.74 Å². The molecule has 0 saturated carbocycles. The van der Waals surface area contributed by atoms with Gasteiger partial charge >= 0.3 is 0 Å². The third-order valence-corrected chi connectivity index (χ3v) is 4.05. The largest absolute Gasteiger partial charge is 0.496 e. The molecule has 0 bridgehead atoms. The molecule has 0 aromatic heterocycles. The number of nitrogens with one attached hydrogen (secondary N) is 1. The van der Waals surface area contributed by atoms with Crippen LogP contribution in [-0.2, 0) is 0 Å². The number of hydrogen-bond acceptors (Lipinski definition) is 4. The second-order valence-electron chi connectivity index (χ2n) is 5.47. The summed E-state index contributed by atoms with van der Waals surface area (Å²) in [6.45, 7) is 2.21. The molecule has 1 heterocycles. The molecule has 122 valence electrons. The Morgan fingerprint density at radius 1 is 1.50 bits per heavy atom. The van der Waals surface area contributed by atoms with Crippen molar-refractivity contribution in [3.63, 3.8) is 0 Å². The van der Waals surface area contributed by atoms with Crippen molar-refractivity contribution in [3.05, 3.63) is 29.6 Å². The molecule has 22 heavy (non-hydrogen) atoms. The number of benzene rings is 1. The normalized spacial score (nSPS) is 19.0. The van der Waals surface area contributed by atoms with E-state index in [9.17, 15) is 14.3 Å². The van der Waals surface area contributed by atoms with Crippen molar-refractivity contribution in [1.82, 2.24) is 10.2 Å². The first-order chi connectivity index (χ1) is 10.7. The van der Waals surface area contributed by atoms with Crippen LogP contribution in [-0.4, -0.2) is 55.3 Å². The highest BCUT2D eigenvalue weighted by Gasteiger charge is 2.21. The number of amides is 1. The first-order valence-corrected chi connectivity index (χ1v) is 7.62. The van der Waals surface area contributed by atoms with Crippen LogP contribution >= 0.6 is 0 Å². The van der Waals surface area contributed by atoms with Crippen molar-refractivity contribution in [2.24, 2.45) is 0 Å². The van der Waals surface area contributed by atoms with Gasteiger partial charge in [0.25, 0.3) is 5.91 Å². The average molecular weight is 310 g/mol. The lowest BCUT2D eigenvalue weighted by atomic mass is 10.0. The number of rotatable bonds is 6. The quantitative estimate of drug-likeness (QED) is 0.834. The van der Waals surface area contributed by atoms with Crippen molar-refractivity contribution >= 4 is 5.91 Å². The number of hydrogen-bond donors (Lipinski definition) is 2. The molecule has 0 unspecified atom stereocenters. The van der Waals surface area contributed by atoms with Crippen LogP contribution in [0.1, 0.15) is 29.6 Å². The summed E-state index contributed by atoms with van der Waals surface area (Å²) in [4.78, 5) is 14.3. The van der Waals surface area contributed by atoms with Gasteiger partial charge < -0.3 is 15.2 Å². The molecule has 0 spiro atoms. The second kappa shape index (κ2) is 8.10. The molecule has 0 aliphatic carbocycles. The average Bonchev–Trinajstić information content (AvgIpc) is 2.55. The molecule has 2 N–H and O–H groups in total. The third kappa shape index (κ3) is 4.18. The molecule has 0 radical (unpaired) electrons. The fourth-order valence-electron chi connectivity index (χ4n) is 2.83. The molecule has 1 atom stereocenters. The Morgan fingerprint density at radius 3 is 3.05 bits per heavy atom. The van der Waals surface area contributed by atoms with Crippen molar-refractivity contribution in [2.45, 2.75) is 25.3 Å². The number of ether oxygens (including phenoxy) is 1. The molecule has 1 aromatic carbocycles. The van der Waals surface area contributed by atoms with Crippen LogP contribution in [0.15, 0.2) is 18.2 Å². The third-order valence-electron chi connectivity index (χ3n) is 4.05. The zero-order chi connectivity index (χ0) is 15.9. The van der Waals surface area contributed by atoms with E-state index in [1.807, 2.05) is 0 Å². The van der Waals surface area contributed by atoms with Gasteiger partial charge in [0.05, 0.1) is 19.3 Å². The molecular weight excluding hydrogens is 287 g/mol. The lowest BCUT2D eigenvalue weighted by molar-refractivity contribution is 0.0847. The number of aliphatic hydroxyl groups excluding tert-OH is 1. The van der Waals surface area contributed by atoms with Crippen molar-refractivity contribution in [1.29, 1.82) is 0 Å². The molecule has 1 amide bonds. The number of halogens is 1. The summed E-state index contributed by atoms with van der Waals surface area (Å²) in [6.07, 6.45) is 3.24. The highest BCUT2D eigenvalue weighted by molar-refractivity contribution is 5.96. The molecule has 1 saturated heterocycles. The van der Waals surface area contributed by atoms with Crippen LogP contribution in [0.5, 0.6) is 5.75 Å². The second-order valence-corrected chi connectivity index (χ2v) is 5.47. The van der Waals surface area contributed by atoms with Gasteiger partial charge in [-0.1, -0.05) is 6.42 Å². The van der Waals surface area contributed by atoms with Gasteiger partial charge in [-0.2, -0.15) is 0 Å². The van der Waals surface area contributed by atoms with E-state index in [1.54, 1.807) is 0 Å². The summed E-state index contributed by atoms with van der Waals surface area (Å²) in [5.41, 5.74) is 0.194. The van der Waals surface area contributed by atoms with Crippen LogP contribution in [0.2, 0.25) is 0 Å². The Labute approximate surface area is 130 Å². The summed E-state index contributed by atoms with van der Waals surface area (Å²) in [5.74, 6) is -0.471. The van der Waals surface area contributed by atoms with Crippen molar-refractivity contribution < 1.29 is 19.0 Å². The van der Waals surface area contributed by atoms with Crippen LogP contribution in [0, 0.1) is 5.82 Å². The summed E-state index contributed by atoms with van der Waals surface area (Å²) < 4.78 is 18.4.